The highest BCUT2D eigenvalue weighted by Gasteiger charge is 2.33. The number of hydrogen-bond acceptors (Lipinski definition) is 7. The van der Waals surface area contributed by atoms with E-state index in [2.05, 4.69) is 15.5 Å². The van der Waals surface area contributed by atoms with Crippen molar-refractivity contribution in [3.05, 3.63) is 55.4 Å². The van der Waals surface area contributed by atoms with Crippen LogP contribution in [0.1, 0.15) is 81.8 Å². The van der Waals surface area contributed by atoms with Crippen molar-refractivity contribution in [1.29, 1.82) is 0 Å². The van der Waals surface area contributed by atoms with E-state index in [1.165, 1.54) is 6.92 Å². The molecule has 1 aromatic carbocycles. The number of pyridine rings is 1. The molecule has 0 aliphatic carbocycles. The van der Waals surface area contributed by atoms with Crippen molar-refractivity contribution in [2.75, 3.05) is 0 Å². The number of halogens is 3. The Morgan fingerprint density at radius 3 is 2.36 bits per heavy atom. The normalized spacial score (nSPS) is 13.1. The van der Waals surface area contributed by atoms with E-state index in [0.717, 1.165) is 29.9 Å². The maximum atomic E-state index is 13.4. The second-order valence-electron chi connectivity index (χ2n) is 10.4. The highest BCUT2D eigenvalue weighted by molar-refractivity contribution is 5.97. The van der Waals surface area contributed by atoms with E-state index in [1.54, 1.807) is 20.8 Å². The molecule has 0 radical (unpaired) electrons. The minimum atomic E-state index is -4.81. The molecule has 13 heteroatoms. The quantitative estimate of drug-likeness (QED) is 0.186. The Kier molecular flexibility index (Phi) is 9.99. The van der Waals surface area contributed by atoms with Crippen LogP contribution in [0.2, 0.25) is 0 Å². The molecule has 2 N–H and O–H groups in total. The van der Waals surface area contributed by atoms with Gasteiger partial charge in [-0.2, -0.15) is 13.2 Å². The first-order valence-electron chi connectivity index (χ1n) is 12.6. The predicted octanol–water partition coefficient (Wildman–Crippen LogP) is 6.95. The molecule has 0 spiro atoms. The van der Waals surface area contributed by atoms with Crippen LogP contribution < -0.4 is 10.9 Å². The molecule has 1 unspecified atom stereocenters. The molecule has 1 atom stereocenters. The molecule has 0 aliphatic rings. The summed E-state index contributed by atoms with van der Waals surface area (Å²) in [7, 11) is 0. The number of nitro benzene ring substituents is 1. The summed E-state index contributed by atoms with van der Waals surface area (Å²) in [5, 5.41) is 32.9. The van der Waals surface area contributed by atoms with Gasteiger partial charge in [-0.3, -0.25) is 24.3 Å². The molecule has 0 saturated carbocycles. The Balaban J connectivity index is 2.75. The zero-order valence-corrected chi connectivity index (χ0v) is 22.8. The fraction of sp³-hybridized carbons (Fsp3) is 0.538. The van der Waals surface area contributed by atoms with Crippen LogP contribution in [0.5, 0.6) is 5.88 Å². The molecule has 1 amide bonds. The largest absolute Gasteiger partial charge is 0.493 e. The number of carbonyl (C=O) groups excluding carboxylic acids is 1. The first kappa shape index (κ1) is 31.4. The summed E-state index contributed by atoms with van der Waals surface area (Å²) >= 11 is 0. The van der Waals surface area contributed by atoms with Crippen molar-refractivity contribution >= 4 is 23.0 Å². The maximum Gasteiger partial charge on any atom is 0.416 e. The van der Waals surface area contributed by atoms with Crippen LogP contribution in [-0.4, -0.2) is 26.0 Å². The van der Waals surface area contributed by atoms with E-state index in [1.807, 2.05) is 13.8 Å². The fourth-order valence-electron chi connectivity index (χ4n) is 3.98. The Bertz CT molecular complexity index is 1310. The average Bonchev–Trinajstić information content (AvgIpc) is 2.81. The summed E-state index contributed by atoms with van der Waals surface area (Å²) in [6.07, 6.45) is -1.53. The van der Waals surface area contributed by atoms with Crippen molar-refractivity contribution < 1.29 is 28.0 Å². The maximum absolute atomic E-state index is 13.4. The zero-order valence-electron chi connectivity index (χ0n) is 22.8. The molecule has 1 aromatic heterocycles. The number of aromatic hydroxyl groups is 1. The Hall–Kier alpha value is -3.77. The summed E-state index contributed by atoms with van der Waals surface area (Å²) in [4.78, 5) is 37.0. The summed E-state index contributed by atoms with van der Waals surface area (Å²) in [5.74, 6) is -1.31. The van der Waals surface area contributed by atoms with E-state index in [-0.39, 0.29) is 29.3 Å². The SMILES string of the molecule is CCCCC(CC)Cn1c(O)c(/N=N/c2ccc(C(F)(F)F)cc2[N+](=O)[O-])c(C)c(C(=O)NC(C)(C)C)c1=O. The molecular weight excluding hydrogens is 519 g/mol. The molecule has 0 fully saturated rings. The van der Waals surface area contributed by atoms with Crippen LogP contribution in [0.25, 0.3) is 0 Å². The number of unbranched alkanes of at least 4 members (excludes halogenated alkanes) is 1. The lowest BCUT2D eigenvalue weighted by atomic mass is 9.98. The Morgan fingerprint density at radius 2 is 1.85 bits per heavy atom. The first-order valence-corrected chi connectivity index (χ1v) is 12.6. The number of carbonyl (C=O) groups is 1. The van der Waals surface area contributed by atoms with E-state index < -0.39 is 50.9 Å². The van der Waals surface area contributed by atoms with E-state index >= 15 is 0 Å². The van der Waals surface area contributed by atoms with Gasteiger partial charge in [0.15, 0.2) is 5.69 Å². The number of amides is 1. The number of aromatic nitrogens is 1. The van der Waals surface area contributed by atoms with Crippen molar-refractivity contribution in [3.8, 4) is 5.88 Å². The molecule has 10 nitrogen and oxygen atoms in total. The van der Waals surface area contributed by atoms with Gasteiger partial charge >= 0.3 is 6.18 Å². The third-order valence-corrected chi connectivity index (χ3v) is 6.11. The molecule has 1 heterocycles. The molecule has 0 aliphatic heterocycles. The monoisotopic (exact) mass is 553 g/mol. The van der Waals surface area contributed by atoms with Crippen LogP contribution >= 0.6 is 0 Å². The van der Waals surface area contributed by atoms with Gasteiger partial charge in [0.1, 0.15) is 11.3 Å². The van der Waals surface area contributed by atoms with Gasteiger partial charge in [0, 0.05) is 23.7 Å². The summed E-state index contributed by atoms with van der Waals surface area (Å²) < 4.78 is 40.2. The molecule has 214 valence electrons. The smallest absolute Gasteiger partial charge is 0.416 e. The Labute approximate surface area is 224 Å². The molecule has 0 saturated heterocycles. The van der Waals surface area contributed by atoms with E-state index in [9.17, 15) is 38.0 Å². The highest BCUT2D eigenvalue weighted by atomic mass is 19.4. The topological polar surface area (TPSA) is 139 Å². The molecule has 2 aromatic rings. The highest BCUT2D eigenvalue weighted by Crippen LogP contribution is 2.38. The lowest BCUT2D eigenvalue weighted by molar-refractivity contribution is -0.384. The zero-order chi connectivity index (χ0) is 29.7. The van der Waals surface area contributed by atoms with Crippen LogP contribution in [-0.2, 0) is 12.7 Å². The minimum Gasteiger partial charge on any atom is -0.493 e. The van der Waals surface area contributed by atoms with E-state index in [4.69, 9.17) is 0 Å². The number of nitrogens with zero attached hydrogens (tertiary/aromatic N) is 4. The van der Waals surface area contributed by atoms with Gasteiger partial charge in [-0.15, -0.1) is 10.2 Å². The van der Waals surface area contributed by atoms with Gasteiger partial charge in [0.25, 0.3) is 17.2 Å². The number of nitrogens with one attached hydrogen (secondary N) is 1. The first-order chi connectivity index (χ1) is 18.0. The van der Waals surface area contributed by atoms with Crippen LogP contribution in [0.4, 0.5) is 30.2 Å². The number of rotatable bonds is 10. The summed E-state index contributed by atoms with van der Waals surface area (Å²) in [6.45, 7) is 10.6. The number of alkyl halides is 3. The average molecular weight is 554 g/mol. The minimum absolute atomic E-state index is 0.00410. The number of hydrogen-bond donors (Lipinski definition) is 2. The van der Waals surface area contributed by atoms with Crippen molar-refractivity contribution in [1.82, 2.24) is 9.88 Å². The number of benzene rings is 1. The third kappa shape index (κ3) is 7.87. The van der Waals surface area contributed by atoms with E-state index in [0.29, 0.717) is 18.6 Å². The second kappa shape index (κ2) is 12.4. The lowest BCUT2D eigenvalue weighted by Gasteiger charge is -2.23. The van der Waals surface area contributed by atoms with Crippen LogP contribution in [0.3, 0.4) is 0 Å². The van der Waals surface area contributed by atoms with Gasteiger partial charge in [-0.05, 0) is 52.2 Å². The van der Waals surface area contributed by atoms with Gasteiger partial charge in [0.05, 0.1) is 10.5 Å². The van der Waals surface area contributed by atoms with Crippen molar-refractivity contribution in [2.45, 2.75) is 85.5 Å². The van der Waals surface area contributed by atoms with Crippen molar-refractivity contribution in [2.24, 2.45) is 16.1 Å². The Morgan fingerprint density at radius 1 is 1.21 bits per heavy atom. The molecular formula is C26H34F3N5O5. The second-order valence-corrected chi connectivity index (χ2v) is 10.4. The number of nitro groups is 1. The predicted molar refractivity (Wildman–Crippen MR) is 140 cm³/mol. The van der Waals surface area contributed by atoms with Gasteiger partial charge < -0.3 is 10.4 Å². The summed E-state index contributed by atoms with van der Waals surface area (Å²) in [6, 6.07) is 1.75. The fourth-order valence-corrected chi connectivity index (χ4v) is 3.98. The summed E-state index contributed by atoms with van der Waals surface area (Å²) in [5.41, 5.74) is -4.74. The van der Waals surface area contributed by atoms with Crippen LogP contribution in [0.15, 0.2) is 33.2 Å². The molecule has 39 heavy (non-hydrogen) atoms. The van der Waals surface area contributed by atoms with Crippen molar-refractivity contribution in [3.63, 3.8) is 0 Å². The molecule has 0 bridgehead atoms. The molecule has 2 rings (SSSR count). The number of azo groups is 1. The third-order valence-electron chi connectivity index (χ3n) is 6.11. The van der Waals surface area contributed by atoms with Gasteiger partial charge in [0.2, 0.25) is 5.88 Å². The van der Waals surface area contributed by atoms with Crippen LogP contribution in [0, 0.1) is 23.0 Å². The standard InChI is InChI=1S/C26H34F3N5O5/c1-7-9-10-16(8-2)14-33-23(36)20(22(35)30-25(4,5)6)15(3)21(24(33)37)32-31-18-12-11-17(26(27,28)29)13-19(18)34(38)39/h11-13,16,37H,7-10,14H2,1-6H3,(H,30,35)/b32-31+. The van der Waals surface area contributed by atoms with Gasteiger partial charge in [-0.1, -0.05) is 33.1 Å². The lowest BCUT2D eigenvalue weighted by Crippen LogP contribution is -2.44. The van der Waals surface area contributed by atoms with Gasteiger partial charge in [-0.25, -0.2) is 0 Å².